The van der Waals surface area contributed by atoms with Crippen LogP contribution in [0.5, 0.6) is 17.2 Å². The van der Waals surface area contributed by atoms with Crippen molar-refractivity contribution in [1.29, 1.82) is 0 Å². The van der Waals surface area contributed by atoms with Crippen LogP contribution in [-0.2, 0) is 14.3 Å². The lowest BCUT2D eigenvalue weighted by Gasteiger charge is -2.13. The van der Waals surface area contributed by atoms with Crippen LogP contribution in [0.15, 0.2) is 30.3 Å². The molecular weight excluding hydrogens is 386 g/mol. The number of methoxy groups -OCH3 is 2. The smallest absolute Gasteiger partial charge is 0.344 e. The van der Waals surface area contributed by atoms with Crippen molar-refractivity contribution in [2.24, 2.45) is 0 Å². The molecular formula is C20H22ClNO6. The van der Waals surface area contributed by atoms with Crippen molar-refractivity contribution in [3.8, 4) is 17.2 Å². The van der Waals surface area contributed by atoms with Crippen LogP contribution in [0.3, 0.4) is 0 Å². The van der Waals surface area contributed by atoms with E-state index in [-0.39, 0.29) is 6.61 Å². The standard InChI is InChI=1S/C20H22ClNO6/c1-12-5-6-16(18(7-12)26-4)27-11-20(24)28-10-19(23)22-15-8-13(2)14(21)9-17(15)25-3/h5-9H,10-11H2,1-4H3,(H,22,23). The molecule has 0 heterocycles. The lowest BCUT2D eigenvalue weighted by Crippen LogP contribution is -2.24. The second kappa shape index (κ2) is 9.85. The summed E-state index contributed by atoms with van der Waals surface area (Å²) in [5.74, 6) is 0.134. The molecule has 0 unspecified atom stereocenters. The van der Waals surface area contributed by atoms with Gasteiger partial charge in [-0.2, -0.15) is 0 Å². The summed E-state index contributed by atoms with van der Waals surface area (Å²) >= 11 is 6.03. The number of rotatable bonds is 8. The van der Waals surface area contributed by atoms with Crippen LogP contribution in [0.2, 0.25) is 5.02 Å². The molecule has 0 saturated carbocycles. The largest absolute Gasteiger partial charge is 0.495 e. The third-order valence-corrected chi connectivity index (χ3v) is 4.19. The van der Waals surface area contributed by atoms with E-state index in [1.807, 2.05) is 13.0 Å². The Morgan fingerprint density at radius 3 is 2.36 bits per heavy atom. The summed E-state index contributed by atoms with van der Waals surface area (Å²) in [7, 11) is 2.98. The monoisotopic (exact) mass is 407 g/mol. The molecule has 0 aliphatic rings. The first kappa shape index (κ1) is 21.4. The zero-order valence-electron chi connectivity index (χ0n) is 16.1. The highest BCUT2D eigenvalue weighted by Gasteiger charge is 2.14. The fraction of sp³-hybridized carbons (Fsp3) is 0.300. The van der Waals surface area contributed by atoms with Gasteiger partial charge in [-0.05, 0) is 43.2 Å². The number of halogens is 1. The van der Waals surface area contributed by atoms with E-state index in [1.165, 1.54) is 14.2 Å². The molecule has 28 heavy (non-hydrogen) atoms. The van der Waals surface area contributed by atoms with Gasteiger partial charge in [0.1, 0.15) is 5.75 Å². The summed E-state index contributed by atoms with van der Waals surface area (Å²) in [4.78, 5) is 23.9. The van der Waals surface area contributed by atoms with Crippen molar-refractivity contribution in [3.63, 3.8) is 0 Å². The summed E-state index contributed by atoms with van der Waals surface area (Å²) < 4.78 is 20.7. The summed E-state index contributed by atoms with van der Waals surface area (Å²) in [5, 5.41) is 3.14. The number of aryl methyl sites for hydroxylation is 2. The molecule has 0 bridgehead atoms. The molecule has 1 N–H and O–H groups in total. The Hall–Kier alpha value is -2.93. The first-order valence-electron chi connectivity index (χ1n) is 8.41. The number of hydrogen-bond donors (Lipinski definition) is 1. The summed E-state index contributed by atoms with van der Waals surface area (Å²) in [6, 6.07) is 8.59. The van der Waals surface area contributed by atoms with Gasteiger partial charge in [-0.3, -0.25) is 4.79 Å². The molecule has 0 aromatic heterocycles. The average molecular weight is 408 g/mol. The van der Waals surface area contributed by atoms with Crippen LogP contribution >= 0.6 is 11.6 Å². The van der Waals surface area contributed by atoms with Crippen molar-refractivity contribution < 1.29 is 28.5 Å². The van der Waals surface area contributed by atoms with E-state index in [0.717, 1.165) is 11.1 Å². The van der Waals surface area contributed by atoms with Gasteiger partial charge in [0.05, 0.1) is 19.9 Å². The van der Waals surface area contributed by atoms with E-state index >= 15 is 0 Å². The van der Waals surface area contributed by atoms with Crippen molar-refractivity contribution in [2.45, 2.75) is 13.8 Å². The van der Waals surface area contributed by atoms with Crippen molar-refractivity contribution in [3.05, 3.63) is 46.5 Å². The number of carbonyl (C=O) groups is 2. The zero-order valence-corrected chi connectivity index (χ0v) is 16.9. The van der Waals surface area contributed by atoms with Gasteiger partial charge < -0.3 is 24.3 Å². The Morgan fingerprint density at radius 1 is 0.964 bits per heavy atom. The Kier molecular flexibility index (Phi) is 7.52. The third kappa shape index (κ3) is 5.79. The van der Waals surface area contributed by atoms with Crippen LogP contribution in [0.4, 0.5) is 5.69 Å². The van der Waals surface area contributed by atoms with E-state index in [0.29, 0.717) is 28.0 Å². The first-order valence-corrected chi connectivity index (χ1v) is 8.79. The third-order valence-electron chi connectivity index (χ3n) is 3.78. The topological polar surface area (TPSA) is 83.1 Å². The molecule has 2 aromatic rings. The number of benzene rings is 2. The van der Waals surface area contributed by atoms with Gasteiger partial charge in [-0.25, -0.2) is 4.79 Å². The maximum Gasteiger partial charge on any atom is 0.344 e. The molecule has 0 radical (unpaired) electrons. The first-order chi connectivity index (χ1) is 13.3. The molecule has 0 aliphatic carbocycles. The molecule has 2 rings (SSSR count). The minimum absolute atomic E-state index is 0.351. The number of anilines is 1. The van der Waals surface area contributed by atoms with E-state index < -0.39 is 18.5 Å². The molecule has 8 heteroatoms. The van der Waals surface area contributed by atoms with Gasteiger partial charge in [0.15, 0.2) is 24.7 Å². The maximum atomic E-state index is 12.1. The van der Waals surface area contributed by atoms with E-state index in [9.17, 15) is 9.59 Å². The SMILES string of the molecule is COc1cc(Cl)c(C)cc1NC(=O)COC(=O)COc1ccc(C)cc1OC. The predicted octanol–water partition coefficient (Wildman–Crippen LogP) is 3.53. The fourth-order valence-electron chi connectivity index (χ4n) is 2.33. The average Bonchev–Trinajstić information content (AvgIpc) is 2.67. The minimum atomic E-state index is -0.683. The number of hydrogen-bond acceptors (Lipinski definition) is 6. The van der Waals surface area contributed by atoms with Gasteiger partial charge in [0, 0.05) is 11.1 Å². The van der Waals surface area contributed by atoms with E-state index in [4.69, 9.17) is 30.5 Å². The van der Waals surface area contributed by atoms with Crippen LogP contribution in [0.25, 0.3) is 0 Å². The molecule has 1 amide bonds. The Morgan fingerprint density at radius 2 is 1.68 bits per heavy atom. The van der Waals surface area contributed by atoms with Gasteiger partial charge in [-0.15, -0.1) is 0 Å². The summed E-state index contributed by atoms with van der Waals surface area (Å²) in [6.45, 7) is 2.90. The Labute approximate surface area is 168 Å². The zero-order chi connectivity index (χ0) is 20.7. The van der Waals surface area contributed by atoms with Crippen LogP contribution in [-0.4, -0.2) is 39.3 Å². The molecule has 0 saturated heterocycles. The highest BCUT2D eigenvalue weighted by molar-refractivity contribution is 6.31. The van der Waals surface area contributed by atoms with Gasteiger partial charge >= 0.3 is 5.97 Å². The quantitative estimate of drug-likeness (QED) is 0.674. The molecule has 7 nitrogen and oxygen atoms in total. The molecule has 0 aliphatic heterocycles. The highest BCUT2D eigenvalue weighted by Crippen LogP contribution is 2.31. The van der Waals surface area contributed by atoms with Gasteiger partial charge in [-0.1, -0.05) is 17.7 Å². The molecule has 0 spiro atoms. The van der Waals surface area contributed by atoms with Crippen LogP contribution in [0, 0.1) is 13.8 Å². The van der Waals surface area contributed by atoms with E-state index in [1.54, 1.807) is 31.2 Å². The summed E-state index contributed by atoms with van der Waals surface area (Å²) in [5.41, 5.74) is 2.21. The van der Waals surface area contributed by atoms with Crippen LogP contribution in [0.1, 0.15) is 11.1 Å². The molecule has 0 fully saturated rings. The van der Waals surface area contributed by atoms with Crippen molar-refractivity contribution in [1.82, 2.24) is 0 Å². The Balaban J connectivity index is 1.86. The maximum absolute atomic E-state index is 12.1. The Bertz CT molecular complexity index is 868. The van der Waals surface area contributed by atoms with Crippen molar-refractivity contribution in [2.75, 3.05) is 32.8 Å². The second-order valence-electron chi connectivity index (χ2n) is 5.95. The summed E-state index contributed by atoms with van der Waals surface area (Å²) in [6.07, 6.45) is 0. The van der Waals surface area contributed by atoms with E-state index in [2.05, 4.69) is 5.32 Å². The number of esters is 1. The number of ether oxygens (including phenoxy) is 4. The van der Waals surface area contributed by atoms with Gasteiger partial charge in [0.25, 0.3) is 5.91 Å². The lowest BCUT2D eigenvalue weighted by molar-refractivity contribution is -0.149. The predicted molar refractivity (Wildman–Crippen MR) is 106 cm³/mol. The number of nitrogens with one attached hydrogen (secondary N) is 1. The molecule has 2 aromatic carbocycles. The normalized spacial score (nSPS) is 10.2. The number of carbonyl (C=O) groups excluding carboxylic acids is 2. The molecule has 0 atom stereocenters. The number of amides is 1. The van der Waals surface area contributed by atoms with Gasteiger partial charge in [0.2, 0.25) is 0 Å². The lowest BCUT2D eigenvalue weighted by atomic mass is 10.2. The fourth-order valence-corrected chi connectivity index (χ4v) is 2.49. The van der Waals surface area contributed by atoms with Crippen molar-refractivity contribution >= 4 is 29.2 Å². The minimum Gasteiger partial charge on any atom is -0.495 e. The van der Waals surface area contributed by atoms with Crippen LogP contribution < -0.4 is 19.5 Å². The second-order valence-corrected chi connectivity index (χ2v) is 6.36. The molecule has 150 valence electrons. The highest BCUT2D eigenvalue weighted by atomic mass is 35.5.